The Morgan fingerprint density at radius 1 is 1.44 bits per heavy atom. The van der Waals surface area contributed by atoms with Crippen LogP contribution in [0.15, 0.2) is 16.6 Å². The van der Waals surface area contributed by atoms with Gasteiger partial charge in [0.1, 0.15) is 5.75 Å². The number of hydrogen-bond acceptors (Lipinski definition) is 2. The Kier molecular flexibility index (Phi) is 3.08. The summed E-state index contributed by atoms with van der Waals surface area (Å²) < 4.78 is 6.59. The van der Waals surface area contributed by atoms with Crippen LogP contribution >= 0.6 is 15.9 Å². The maximum absolute atomic E-state index is 5.44. The van der Waals surface area contributed by atoms with Crippen LogP contribution in [0.25, 0.3) is 10.9 Å². The largest absolute Gasteiger partial charge is 0.495 e. The molecule has 2 N–H and O–H groups in total. The lowest BCUT2D eigenvalue weighted by Gasteiger charge is -2.03. The lowest BCUT2D eigenvalue weighted by atomic mass is 10.1. The third kappa shape index (κ3) is 2.15. The van der Waals surface area contributed by atoms with Gasteiger partial charge < -0.3 is 15.0 Å². The van der Waals surface area contributed by atoms with Crippen molar-refractivity contribution in [2.45, 2.75) is 32.4 Å². The fourth-order valence-electron chi connectivity index (χ4n) is 2.24. The van der Waals surface area contributed by atoms with Gasteiger partial charge in [-0.1, -0.05) is 0 Å². The van der Waals surface area contributed by atoms with Crippen molar-refractivity contribution in [1.29, 1.82) is 0 Å². The van der Waals surface area contributed by atoms with E-state index in [1.807, 2.05) is 0 Å². The number of nitrogens with one attached hydrogen (secondary N) is 2. The number of rotatable bonds is 4. The summed E-state index contributed by atoms with van der Waals surface area (Å²) in [6, 6.07) is 4.95. The Balaban J connectivity index is 2.02. The minimum atomic E-state index is 0.715. The van der Waals surface area contributed by atoms with E-state index in [1.54, 1.807) is 7.11 Å². The molecule has 1 saturated carbocycles. The molecule has 0 unspecified atom stereocenters. The van der Waals surface area contributed by atoms with E-state index in [-0.39, 0.29) is 0 Å². The molecule has 0 saturated heterocycles. The highest BCUT2D eigenvalue weighted by Gasteiger charge is 2.21. The van der Waals surface area contributed by atoms with Crippen LogP contribution in [0.4, 0.5) is 0 Å². The highest BCUT2D eigenvalue weighted by atomic mass is 79.9. The van der Waals surface area contributed by atoms with E-state index < -0.39 is 0 Å². The molecule has 0 bridgehead atoms. The molecular weight excluding hydrogens is 292 g/mol. The van der Waals surface area contributed by atoms with Gasteiger partial charge in [-0.2, -0.15) is 0 Å². The van der Waals surface area contributed by atoms with Crippen LogP contribution in [0.3, 0.4) is 0 Å². The zero-order chi connectivity index (χ0) is 12.7. The van der Waals surface area contributed by atoms with Crippen LogP contribution < -0.4 is 10.1 Å². The summed E-state index contributed by atoms with van der Waals surface area (Å²) >= 11 is 3.69. The first-order valence-electron chi connectivity index (χ1n) is 6.27. The van der Waals surface area contributed by atoms with Gasteiger partial charge >= 0.3 is 0 Å². The summed E-state index contributed by atoms with van der Waals surface area (Å²) in [5, 5.41) is 4.72. The fourth-order valence-corrected chi connectivity index (χ4v) is 2.79. The summed E-state index contributed by atoms with van der Waals surface area (Å²) in [6.45, 7) is 2.96. The van der Waals surface area contributed by atoms with E-state index in [4.69, 9.17) is 4.74 Å². The Morgan fingerprint density at radius 2 is 2.22 bits per heavy atom. The lowest BCUT2D eigenvalue weighted by Crippen LogP contribution is -2.15. The molecule has 3 nitrogen and oxygen atoms in total. The minimum absolute atomic E-state index is 0.715. The molecule has 0 amide bonds. The van der Waals surface area contributed by atoms with Crippen molar-refractivity contribution in [3.8, 4) is 5.75 Å². The van der Waals surface area contributed by atoms with E-state index in [0.717, 1.165) is 22.3 Å². The van der Waals surface area contributed by atoms with Gasteiger partial charge in [0.25, 0.3) is 0 Å². The second-order valence-electron chi connectivity index (χ2n) is 4.96. The molecule has 1 aliphatic carbocycles. The SMILES string of the molecule is COc1cc(C)cc2c(Br)c(CNC3CC3)[nH]c12. The average molecular weight is 309 g/mol. The molecule has 0 atom stereocenters. The number of H-pyrrole nitrogens is 1. The first-order chi connectivity index (χ1) is 8.69. The van der Waals surface area contributed by atoms with Crippen molar-refractivity contribution in [3.63, 3.8) is 0 Å². The average Bonchev–Trinajstić information content (AvgIpc) is 3.13. The van der Waals surface area contributed by atoms with Crippen molar-refractivity contribution in [2.24, 2.45) is 0 Å². The van der Waals surface area contributed by atoms with Gasteiger partial charge in [-0.25, -0.2) is 0 Å². The second kappa shape index (κ2) is 4.59. The van der Waals surface area contributed by atoms with Crippen molar-refractivity contribution in [2.75, 3.05) is 7.11 Å². The topological polar surface area (TPSA) is 37.0 Å². The molecule has 1 heterocycles. The molecule has 1 fully saturated rings. The van der Waals surface area contributed by atoms with Crippen LogP contribution in [-0.2, 0) is 6.54 Å². The molecule has 1 aromatic carbocycles. The van der Waals surface area contributed by atoms with Crippen LogP contribution in [0.5, 0.6) is 5.75 Å². The summed E-state index contributed by atoms with van der Waals surface area (Å²) in [4.78, 5) is 3.46. The zero-order valence-corrected chi connectivity index (χ0v) is 12.2. The number of aromatic amines is 1. The van der Waals surface area contributed by atoms with Gasteiger partial charge in [0.15, 0.2) is 0 Å². The number of benzene rings is 1. The molecule has 0 spiro atoms. The maximum Gasteiger partial charge on any atom is 0.143 e. The summed E-state index contributed by atoms with van der Waals surface area (Å²) in [5.74, 6) is 0.906. The van der Waals surface area contributed by atoms with Crippen LogP contribution in [0, 0.1) is 6.92 Å². The second-order valence-corrected chi connectivity index (χ2v) is 5.76. The normalized spacial score (nSPS) is 15.3. The van der Waals surface area contributed by atoms with Gasteiger partial charge in [-0.3, -0.25) is 0 Å². The van der Waals surface area contributed by atoms with E-state index in [1.165, 1.54) is 29.5 Å². The number of halogens is 1. The van der Waals surface area contributed by atoms with Crippen molar-refractivity contribution in [3.05, 3.63) is 27.9 Å². The molecule has 4 heteroatoms. The first-order valence-corrected chi connectivity index (χ1v) is 7.06. The number of hydrogen-bond donors (Lipinski definition) is 2. The van der Waals surface area contributed by atoms with Crippen molar-refractivity contribution >= 4 is 26.8 Å². The highest BCUT2D eigenvalue weighted by molar-refractivity contribution is 9.10. The Bertz CT molecular complexity index is 587. The first kappa shape index (κ1) is 12.1. The number of methoxy groups -OCH3 is 1. The Hall–Kier alpha value is -1.00. The predicted molar refractivity (Wildman–Crippen MR) is 77.1 cm³/mol. The van der Waals surface area contributed by atoms with E-state index in [9.17, 15) is 0 Å². The third-order valence-electron chi connectivity index (χ3n) is 3.39. The molecule has 2 aromatic rings. The molecule has 0 radical (unpaired) electrons. The third-order valence-corrected chi connectivity index (χ3v) is 4.29. The predicted octanol–water partition coefficient (Wildman–Crippen LogP) is 3.50. The number of aromatic nitrogens is 1. The van der Waals surface area contributed by atoms with E-state index >= 15 is 0 Å². The number of ether oxygens (including phenoxy) is 1. The van der Waals surface area contributed by atoms with Gasteiger partial charge in [0.2, 0.25) is 0 Å². The summed E-state index contributed by atoms with van der Waals surface area (Å²) in [7, 11) is 1.71. The standard InChI is InChI=1S/C14H17BrN2O/c1-8-5-10-13(15)11(7-16-9-3-4-9)17-14(10)12(6-8)18-2/h5-6,9,16-17H,3-4,7H2,1-2H3. The molecule has 18 heavy (non-hydrogen) atoms. The smallest absolute Gasteiger partial charge is 0.143 e. The Morgan fingerprint density at radius 3 is 2.89 bits per heavy atom. The molecule has 3 rings (SSSR count). The fraction of sp³-hybridized carbons (Fsp3) is 0.429. The molecule has 1 aliphatic rings. The minimum Gasteiger partial charge on any atom is -0.495 e. The van der Waals surface area contributed by atoms with E-state index in [2.05, 4.69) is 45.3 Å². The van der Waals surface area contributed by atoms with Crippen LogP contribution in [0.1, 0.15) is 24.1 Å². The van der Waals surface area contributed by atoms with Crippen molar-refractivity contribution < 1.29 is 4.74 Å². The zero-order valence-electron chi connectivity index (χ0n) is 10.6. The van der Waals surface area contributed by atoms with Gasteiger partial charge in [-0.15, -0.1) is 0 Å². The summed E-state index contributed by atoms with van der Waals surface area (Å²) in [5.41, 5.74) is 3.48. The maximum atomic E-state index is 5.44. The molecular formula is C14H17BrN2O. The van der Waals surface area contributed by atoms with Crippen molar-refractivity contribution in [1.82, 2.24) is 10.3 Å². The Labute approximate surface area is 115 Å². The van der Waals surface area contributed by atoms with E-state index in [0.29, 0.717) is 6.04 Å². The van der Waals surface area contributed by atoms with Crippen LogP contribution in [-0.4, -0.2) is 18.1 Å². The van der Waals surface area contributed by atoms with Gasteiger partial charge in [-0.05, 0) is 53.4 Å². The number of aryl methyl sites for hydroxylation is 1. The quantitative estimate of drug-likeness (QED) is 0.907. The summed E-state index contributed by atoms with van der Waals surface area (Å²) in [6.07, 6.45) is 2.61. The van der Waals surface area contributed by atoms with Crippen LogP contribution in [0.2, 0.25) is 0 Å². The monoisotopic (exact) mass is 308 g/mol. The molecule has 96 valence electrons. The van der Waals surface area contributed by atoms with Gasteiger partial charge in [0, 0.05) is 28.1 Å². The lowest BCUT2D eigenvalue weighted by molar-refractivity contribution is 0.418. The molecule has 0 aliphatic heterocycles. The van der Waals surface area contributed by atoms with Gasteiger partial charge in [0.05, 0.1) is 12.6 Å². The molecule has 1 aromatic heterocycles. The number of fused-ring (bicyclic) bond motifs is 1. The highest BCUT2D eigenvalue weighted by Crippen LogP contribution is 2.34.